The third-order valence-corrected chi connectivity index (χ3v) is 2.75. The van der Waals surface area contributed by atoms with Gasteiger partial charge in [-0.2, -0.15) is 0 Å². The first-order chi connectivity index (χ1) is 5.62. The van der Waals surface area contributed by atoms with Gasteiger partial charge in [0, 0.05) is 12.1 Å². The molecule has 1 aliphatic carbocycles. The first-order valence-electron chi connectivity index (χ1n) is 5.01. The van der Waals surface area contributed by atoms with E-state index in [1.54, 1.807) is 0 Å². The Hall–Kier alpha value is -0.300. The van der Waals surface area contributed by atoms with E-state index in [1.165, 1.54) is 31.3 Å². The van der Waals surface area contributed by atoms with Gasteiger partial charge in [-0.15, -0.1) is 0 Å². The maximum atomic E-state index is 3.61. The van der Waals surface area contributed by atoms with Gasteiger partial charge in [-0.05, 0) is 33.6 Å². The van der Waals surface area contributed by atoms with E-state index in [0.29, 0.717) is 5.54 Å². The van der Waals surface area contributed by atoms with Gasteiger partial charge in [0.25, 0.3) is 0 Å². The van der Waals surface area contributed by atoms with Gasteiger partial charge in [0.1, 0.15) is 0 Å². The molecule has 0 bridgehead atoms. The zero-order valence-electron chi connectivity index (χ0n) is 8.61. The van der Waals surface area contributed by atoms with Crippen molar-refractivity contribution in [2.45, 2.75) is 52.0 Å². The summed E-state index contributed by atoms with van der Waals surface area (Å²) in [7, 11) is 0. The highest BCUT2D eigenvalue weighted by atomic mass is 15.0. The summed E-state index contributed by atoms with van der Waals surface area (Å²) in [5.41, 5.74) is 1.84. The summed E-state index contributed by atoms with van der Waals surface area (Å²) in [6, 6.07) is 0. The summed E-state index contributed by atoms with van der Waals surface area (Å²) in [6.07, 6.45) is 7.77. The van der Waals surface area contributed by atoms with Crippen molar-refractivity contribution in [3.8, 4) is 0 Å². The van der Waals surface area contributed by atoms with Crippen LogP contribution in [0.4, 0.5) is 0 Å². The summed E-state index contributed by atoms with van der Waals surface area (Å²) in [4.78, 5) is 0. The Balaban J connectivity index is 2.26. The van der Waals surface area contributed by atoms with Crippen LogP contribution in [0.15, 0.2) is 11.6 Å². The van der Waals surface area contributed by atoms with Gasteiger partial charge in [-0.3, -0.25) is 0 Å². The van der Waals surface area contributed by atoms with Crippen LogP contribution in [0.1, 0.15) is 46.5 Å². The van der Waals surface area contributed by atoms with Crippen molar-refractivity contribution in [3.05, 3.63) is 11.6 Å². The van der Waals surface area contributed by atoms with Gasteiger partial charge < -0.3 is 5.32 Å². The Morgan fingerprint density at radius 3 is 2.42 bits per heavy atom. The lowest BCUT2D eigenvalue weighted by atomic mass is 10.0. The SMILES string of the molecule is CC(C)=CCNC1(C)CCCC1. The van der Waals surface area contributed by atoms with Crippen LogP contribution in [0, 0.1) is 0 Å². The average molecular weight is 167 g/mol. The highest BCUT2D eigenvalue weighted by Crippen LogP contribution is 2.28. The topological polar surface area (TPSA) is 12.0 Å². The van der Waals surface area contributed by atoms with E-state index in [4.69, 9.17) is 0 Å². The van der Waals surface area contributed by atoms with Crippen LogP contribution in [-0.4, -0.2) is 12.1 Å². The zero-order chi connectivity index (χ0) is 9.03. The lowest BCUT2D eigenvalue weighted by Gasteiger charge is -2.24. The van der Waals surface area contributed by atoms with E-state index in [0.717, 1.165) is 6.54 Å². The van der Waals surface area contributed by atoms with Crippen LogP contribution < -0.4 is 5.32 Å². The molecule has 1 aliphatic rings. The molecule has 0 spiro atoms. The van der Waals surface area contributed by atoms with E-state index < -0.39 is 0 Å². The highest BCUT2D eigenvalue weighted by Gasteiger charge is 2.26. The Bertz CT molecular complexity index is 160. The van der Waals surface area contributed by atoms with Crippen LogP contribution in [0.25, 0.3) is 0 Å². The molecule has 1 fully saturated rings. The fourth-order valence-corrected chi connectivity index (χ4v) is 1.83. The van der Waals surface area contributed by atoms with Gasteiger partial charge >= 0.3 is 0 Å². The van der Waals surface area contributed by atoms with Crippen LogP contribution in [0.2, 0.25) is 0 Å². The summed E-state index contributed by atoms with van der Waals surface area (Å²) >= 11 is 0. The second-order valence-electron chi connectivity index (χ2n) is 4.43. The molecule has 70 valence electrons. The van der Waals surface area contributed by atoms with Gasteiger partial charge in [0.05, 0.1) is 0 Å². The van der Waals surface area contributed by atoms with Crippen LogP contribution in [0.3, 0.4) is 0 Å². The normalized spacial score (nSPS) is 20.9. The molecule has 0 aliphatic heterocycles. The first-order valence-corrected chi connectivity index (χ1v) is 5.01. The van der Waals surface area contributed by atoms with Crippen LogP contribution >= 0.6 is 0 Å². The monoisotopic (exact) mass is 167 g/mol. The number of rotatable bonds is 3. The van der Waals surface area contributed by atoms with Gasteiger partial charge in [0.15, 0.2) is 0 Å². The van der Waals surface area contributed by atoms with Crippen molar-refractivity contribution in [3.63, 3.8) is 0 Å². The highest BCUT2D eigenvalue weighted by molar-refractivity contribution is 4.97. The maximum absolute atomic E-state index is 3.61. The lowest BCUT2D eigenvalue weighted by molar-refractivity contribution is 0.382. The molecular weight excluding hydrogens is 146 g/mol. The molecule has 0 unspecified atom stereocenters. The molecule has 0 aromatic carbocycles. The molecule has 1 nitrogen and oxygen atoms in total. The smallest absolute Gasteiger partial charge is 0.0156 e. The van der Waals surface area contributed by atoms with E-state index in [9.17, 15) is 0 Å². The second-order valence-corrected chi connectivity index (χ2v) is 4.43. The van der Waals surface area contributed by atoms with Crippen molar-refractivity contribution in [2.75, 3.05) is 6.54 Å². The zero-order valence-corrected chi connectivity index (χ0v) is 8.61. The number of hydrogen-bond donors (Lipinski definition) is 1. The third-order valence-electron chi connectivity index (χ3n) is 2.75. The fourth-order valence-electron chi connectivity index (χ4n) is 1.83. The van der Waals surface area contributed by atoms with Gasteiger partial charge in [-0.1, -0.05) is 24.5 Å². The van der Waals surface area contributed by atoms with Crippen molar-refractivity contribution in [1.82, 2.24) is 5.32 Å². The molecule has 0 radical (unpaired) electrons. The maximum Gasteiger partial charge on any atom is 0.0156 e. The minimum Gasteiger partial charge on any atom is -0.308 e. The summed E-state index contributed by atoms with van der Waals surface area (Å²) in [5, 5.41) is 3.61. The molecule has 1 N–H and O–H groups in total. The minimum atomic E-state index is 0.436. The van der Waals surface area contributed by atoms with Crippen molar-refractivity contribution >= 4 is 0 Å². The van der Waals surface area contributed by atoms with E-state index in [1.807, 2.05) is 0 Å². The van der Waals surface area contributed by atoms with Gasteiger partial charge in [0.2, 0.25) is 0 Å². The summed E-state index contributed by atoms with van der Waals surface area (Å²) in [6.45, 7) is 7.69. The third kappa shape index (κ3) is 2.98. The predicted octanol–water partition coefficient (Wildman–Crippen LogP) is 2.87. The minimum absolute atomic E-state index is 0.436. The standard InChI is InChI=1S/C11H21N/c1-10(2)6-9-12-11(3)7-4-5-8-11/h6,12H,4-5,7-9H2,1-3H3. The summed E-state index contributed by atoms with van der Waals surface area (Å²) < 4.78 is 0. The molecule has 0 saturated heterocycles. The Labute approximate surface area is 76.2 Å². The van der Waals surface area contributed by atoms with Gasteiger partial charge in [-0.25, -0.2) is 0 Å². The molecular formula is C11H21N. The molecule has 1 saturated carbocycles. The lowest BCUT2D eigenvalue weighted by Crippen LogP contribution is -2.39. The number of nitrogens with one attached hydrogen (secondary N) is 1. The Kier molecular flexibility index (Phi) is 3.33. The molecule has 1 heteroatoms. The number of allylic oxidation sites excluding steroid dienone is 1. The van der Waals surface area contributed by atoms with Crippen molar-refractivity contribution < 1.29 is 0 Å². The molecule has 12 heavy (non-hydrogen) atoms. The average Bonchev–Trinajstić information content (AvgIpc) is 2.35. The molecule has 0 heterocycles. The predicted molar refractivity (Wildman–Crippen MR) is 54.3 cm³/mol. The Morgan fingerprint density at radius 2 is 1.92 bits per heavy atom. The molecule has 1 rings (SSSR count). The second kappa shape index (κ2) is 4.08. The molecule has 0 amide bonds. The molecule has 0 atom stereocenters. The molecule has 0 aromatic rings. The summed E-state index contributed by atoms with van der Waals surface area (Å²) in [5.74, 6) is 0. The van der Waals surface area contributed by atoms with E-state index in [2.05, 4.69) is 32.2 Å². The van der Waals surface area contributed by atoms with E-state index >= 15 is 0 Å². The number of hydrogen-bond acceptors (Lipinski definition) is 1. The van der Waals surface area contributed by atoms with E-state index in [-0.39, 0.29) is 0 Å². The quantitative estimate of drug-likeness (QED) is 0.637. The Morgan fingerprint density at radius 1 is 1.33 bits per heavy atom. The largest absolute Gasteiger partial charge is 0.308 e. The van der Waals surface area contributed by atoms with Crippen LogP contribution in [0.5, 0.6) is 0 Å². The first kappa shape index (κ1) is 9.79. The van der Waals surface area contributed by atoms with Crippen LogP contribution in [-0.2, 0) is 0 Å². The van der Waals surface area contributed by atoms with Crippen molar-refractivity contribution in [1.29, 1.82) is 0 Å². The molecule has 0 aromatic heterocycles. The fraction of sp³-hybridized carbons (Fsp3) is 0.818. The van der Waals surface area contributed by atoms with Crippen molar-refractivity contribution in [2.24, 2.45) is 0 Å².